The summed E-state index contributed by atoms with van der Waals surface area (Å²) in [5.74, 6) is 0.0342. The van der Waals surface area contributed by atoms with E-state index in [1.54, 1.807) is 0 Å². The number of rotatable bonds is 7. The minimum atomic E-state index is 0.0261. The van der Waals surface area contributed by atoms with Crippen molar-refractivity contribution in [2.75, 3.05) is 44.2 Å². The molecule has 2 heterocycles. The third-order valence-corrected chi connectivity index (χ3v) is 6.63. The molecule has 5 nitrogen and oxygen atoms in total. The van der Waals surface area contributed by atoms with Crippen LogP contribution in [0.25, 0.3) is 0 Å². The second-order valence-electron chi connectivity index (χ2n) is 8.47. The van der Waals surface area contributed by atoms with Gasteiger partial charge >= 0.3 is 0 Å². The molecule has 160 valence electrons. The minimum Gasteiger partial charge on any atom is -0.350 e. The highest BCUT2D eigenvalue weighted by Crippen LogP contribution is 2.26. The van der Waals surface area contributed by atoms with Crippen LogP contribution in [0.4, 0.5) is 5.69 Å². The number of anilines is 1. The number of piperazine rings is 1. The Morgan fingerprint density at radius 1 is 1.00 bits per heavy atom. The monoisotopic (exact) mass is 406 g/mol. The first-order valence-electron chi connectivity index (χ1n) is 11.3. The zero-order valence-electron chi connectivity index (χ0n) is 18.3. The number of amides is 1. The molecule has 0 bridgehead atoms. The van der Waals surface area contributed by atoms with Gasteiger partial charge in [0.25, 0.3) is 5.91 Å². The largest absolute Gasteiger partial charge is 0.350 e. The Balaban J connectivity index is 1.36. The fraction of sp³-hybridized carbons (Fsp3) is 0.480. The van der Waals surface area contributed by atoms with Gasteiger partial charge in [0.05, 0.1) is 17.4 Å². The smallest absolute Gasteiger partial charge is 0.254 e. The molecule has 0 saturated carbocycles. The maximum absolute atomic E-state index is 12.3. The summed E-state index contributed by atoms with van der Waals surface area (Å²) in [5, 5.41) is 3.10. The summed E-state index contributed by atoms with van der Waals surface area (Å²) in [5.41, 5.74) is 3.27. The van der Waals surface area contributed by atoms with Crippen LogP contribution in [0, 0.1) is 0 Å². The molecule has 2 unspecified atom stereocenters. The van der Waals surface area contributed by atoms with Crippen molar-refractivity contribution in [3.8, 4) is 0 Å². The number of hydrogen-bond donors (Lipinski definition) is 1. The Kier molecular flexibility index (Phi) is 6.70. The van der Waals surface area contributed by atoms with Crippen molar-refractivity contribution >= 4 is 11.6 Å². The number of benzene rings is 2. The number of nitrogens with one attached hydrogen (secondary N) is 1. The molecule has 0 aromatic heterocycles. The zero-order chi connectivity index (χ0) is 20.9. The predicted octanol–water partition coefficient (Wildman–Crippen LogP) is 3.22. The number of likely N-dealkylation sites (N-methyl/N-ethyl adjacent to an activating group) is 1. The van der Waals surface area contributed by atoms with Crippen molar-refractivity contribution < 1.29 is 4.79 Å². The molecular formula is C25H34N4O. The summed E-state index contributed by atoms with van der Waals surface area (Å²) in [6.45, 7) is 10.8. The van der Waals surface area contributed by atoms with Crippen LogP contribution in [0.15, 0.2) is 54.6 Å². The standard InChI is InChI=1S/C25H34N4O/c1-3-28-17-15-27(19-22(28)14-13-21-9-5-4-6-10-21)16-18-29-20(2)26-25(30)23-11-7-8-12-24(23)29/h4-12,20,22H,3,13-19H2,1-2H3,(H,26,30). The second-order valence-corrected chi connectivity index (χ2v) is 8.47. The minimum absolute atomic E-state index is 0.0261. The van der Waals surface area contributed by atoms with Gasteiger partial charge in [-0.2, -0.15) is 0 Å². The van der Waals surface area contributed by atoms with Gasteiger partial charge in [0, 0.05) is 38.8 Å². The number of carbonyl (C=O) groups is 1. The summed E-state index contributed by atoms with van der Waals surface area (Å²) >= 11 is 0. The lowest BCUT2D eigenvalue weighted by Crippen LogP contribution is -2.56. The van der Waals surface area contributed by atoms with Crippen molar-refractivity contribution in [1.82, 2.24) is 15.1 Å². The Hall–Kier alpha value is -2.37. The highest BCUT2D eigenvalue weighted by molar-refractivity contribution is 6.01. The van der Waals surface area contributed by atoms with Crippen LogP contribution in [0.2, 0.25) is 0 Å². The predicted molar refractivity (Wildman–Crippen MR) is 123 cm³/mol. The zero-order valence-corrected chi connectivity index (χ0v) is 18.3. The quantitative estimate of drug-likeness (QED) is 0.766. The topological polar surface area (TPSA) is 38.8 Å². The highest BCUT2D eigenvalue weighted by atomic mass is 16.2. The van der Waals surface area contributed by atoms with Crippen LogP contribution in [0.5, 0.6) is 0 Å². The van der Waals surface area contributed by atoms with E-state index in [0.29, 0.717) is 6.04 Å². The van der Waals surface area contributed by atoms with E-state index in [2.05, 4.69) is 70.3 Å². The summed E-state index contributed by atoms with van der Waals surface area (Å²) < 4.78 is 0. The fourth-order valence-electron chi connectivity index (χ4n) is 4.86. The number of hydrogen-bond acceptors (Lipinski definition) is 4. The van der Waals surface area contributed by atoms with Crippen LogP contribution in [-0.2, 0) is 6.42 Å². The van der Waals surface area contributed by atoms with Gasteiger partial charge in [-0.25, -0.2) is 0 Å². The summed E-state index contributed by atoms with van der Waals surface area (Å²) in [7, 11) is 0. The molecule has 1 N–H and O–H groups in total. The van der Waals surface area contributed by atoms with Crippen LogP contribution < -0.4 is 10.2 Å². The Morgan fingerprint density at radius 3 is 2.57 bits per heavy atom. The number of carbonyl (C=O) groups excluding carboxylic acids is 1. The van der Waals surface area contributed by atoms with Gasteiger partial charge in [0.1, 0.15) is 0 Å². The molecule has 2 aromatic carbocycles. The maximum atomic E-state index is 12.3. The normalized spacial score (nSPS) is 22.6. The first-order valence-corrected chi connectivity index (χ1v) is 11.3. The molecule has 0 aliphatic carbocycles. The Bertz CT molecular complexity index is 840. The van der Waals surface area contributed by atoms with Crippen molar-refractivity contribution in [3.05, 3.63) is 65.7 Å². The fourth-order valence-corrected chi connectivity index (χ4v) is 4.86. The summed E-state index contributed by atoms with van der Waals surface area (Å²) in [4.78, 5) is 19.9. The number of para-hydroxylation sites is 1. The van der Waals surface area contributed by atoms with Gasteiger partial charge in [0.15, 0.2) is 0 Å². The number of nitrogens with zero attached hydrogens (tertiary/aromatic N) is 3. The molecule has 1 saturated heterocycles. The Labute approximate surface area is 180 Å². The second kappa shape index (κ2) is 9.63. The van der Waals surface area contributed by atoms with Crippen molar-refractivity contribution in [2.24, 2.45) is 0 Å². The molecule has 1 amide bonds. The first-order chi connectivity index (χ1) is 14.7. The van der Waals surface area contributed by atoms with Gasteiger partial charge in [-0.15, -0.1) is 0 Å². The SMILES string of the molecule is CCN1CCN(CCN2c3ccccc3C(=O)NC2C)CC1CCc1ccccc1. The van der Waals surface area contributed by atoms with E-state index in [9.17, 15) is 4.79 Å². The van der Waals surface area contributed by atoms with E-state index >= 15 is 0 Å². The van der Waals surface area contributed by atoms with Crippen molar-refractivity contribution in [3.63, 3.8) is 0 Å². The van der Waals surface area contributed by atoms with Crippen molar-refractivity contribution in [1.29, 1.82) is 0 Å². The highest BCUT2D eigenvalue weighted by Gasteiger charge is 2.29. The molecule has 4 rings (SSSR count). The van der Waals surface area contributed by atoms with Crippen LogP contribution in [-0.4, -0.2) is 67.2 Å². The first kappa shape index (κ1) is 20.9. The molecule has 30 heavy (non-hydrogen) atoms. The molecule has 1 fully saturated rings. The summed E-state index contributed by atoms with van der Waals surface area (Å²) in [6, 6.07) is 19.4. The van der Waals surface area contributed by atoms with Crippen LogP contribution >= 0.6 is 0 Å². The molecule has 2 atom stereocenters. The lowest BCUT2D eigenvalue weighted by Gasteiger charge is -2.43. The molecule has 0 radical (unpaired) electrons. The average molecular weight is 407 g/mol. The van der Waals surface area contributed by atoms with Gasteiger partial charge < -0.3 is 10.2 Å². The van der Waals surface area contributed by atoms with E-state index in [1.165, 1.54) is 12.0 Å². The van der Waals surface area contributed by atoms with Gasteiger partial charge in [-0.3, -0.25) is 14.6 Å². The van der Waals surface area contributed by atoms with E-state index in [0.717, 1.165) is 56.9 Å². The molecule has 2 aromatic rings. The summed E-state index contributed by atoms with van der Waals surface area (Å²) in [6.07, 6.45) is 2.37. The lowest BCUT2D eigenvalue weighted by molar-refractivity contribution is 0.0749. The van der Waals surface area contributed by atoms with E-state index in [4.69, 9.17) is 0 Å². The molecule has 2 aliphatic heterocycles. The van der Waals surface area contributed by atoms with E-state index in [-0.39, 0.29) is 12.1 Å². The lowest BCUT2D eigenvalue weighted by atomic mass is 10.0. The van der Waals surface area contributed by atoms with Crippen LogP contribution in [0.1, 0.15) is 36.2 Å². The maximum Gasteiger partial charge on any atom is 0.254 e. The third-order valence-electron chi connectivity index (χ3n) is 6.63. The van der Waals surface area contributed by atoms with Gasteiger partial charge in [-0.1, -0.05) is 49.4 Å². The van der Waals surface area contributed by atoms with Gasteiger partial charge in [-0.05, 0) is 44.0 Å². The molecular weight excluding hydrogens is 372 g/mol. The third kappa shape index (κ3) is 4.68. The molecule has 0 spiro atoms. The van der Waals surface area contributed by atoms with Crippen LogP contribution in [0.3, 0.4) is 0 Å². The van der Waals surface area contributed by atoms with E-state index < -0.39 is 0 Å². The van der Waals surface area contributed by atoms with E-state index in [1.807, 2.05) is 18.2 Å². The average Bonchev–Trinajstić information content (AvgIpc) is 2.78. The van der Waals surface area contributed by atoms with Gasteiger partial charge in [0.2, 0.25) is 0 Å². The Morgan fingerprint density at radius 2 is 1.77 bits per heavy atom. The molecule has 5 heteroatoms. The molecule has 2 aliphatic rings. The number of aryl methyl sites for hydroxylation is 1. The van der Waals surface area contributed by atoms with Crippen molar-refractivity contribution in [2.45, 2.75) is 38.9 Å². The number of fused-ring (bicyclic) bond motifs is 1.